The van der Waals surface area contributed by atoms with Crippen LogP contribution in [0.5, 0.6) is 0 Å². The number of anilines is 2. The van der Waals surface area contributed by atoms with Crippen molar-refractivity contribution in [2.45, 2.75) is 6.92 Å². The number of nitrogens with one attached hydrogen (secondary N) is 2. The number of thiophene rings is 1. The van der Waals surface area contributed by atoms with Gasteiger partial charge in [-0.15, -0.1) is 11.3 Å². The molecule has 0 bridgehead atoms. The molecule has 6 nitrogen and oxygen atoms in total. The highest BCUT2D eigenvalue weighted by molar-refractivity contribution is 7.14. The number of hydrogen-bond acceptors (Lipinski definition) is 4. The highest BCUT2D eigenvalue weighted by atomic mass is 35.5. The molecule has 2 aromatic heterocycles. The fraction of sp³-hybridized carbons (Fsp3) is 0.0833. The van der Waals surface area contributed by atoms with Crippen molar-refractivity contribution in [3.63, 3.8) is 0 Å². The molecule has 3 N–H and O–H groups in total. The predicted octanol–water partition coefficient (Wildman–Crippen LogP) is 4.10. The Kier molecular flexibility index (Phi) is 4.66. The maximum Gasteiger partial charge on any atom is 0.338 e. The van der Waals surface area contributed by atoms with Crippen LogP contribution in [-0.4, -0.2) is 22.1 Å². The first kappa shape index (κ1) is 15.6. The monoisotopic (exact) mass is 345 g/mol. The number of nitrogens with zero attached hydrogens (tertiary/aromatic N) is 1. The molecule has 0 aliphatic heterocycles. The van der Waals surface area contributed by atoms with Crippen molar-refractivity contribution in [1.82, 2.24) is 4.98 Å². The fourth-order valence-electron chi connectivity index (χ4n) is 1.57. The number of carboxylic acid groups (broad SMARTS) is 1. The molecule has 0 aliphatic rings. The van der Waals surface area contributed by atoms with Gasteiger partial charge in [-0.1, -0.05) is 23.2 Å². The lowest BCUT2D eigenvalue weighted by atomic mass is 10.2. The second-order valence-electron chi connectivity index (χ2n) is 3.98. The molecule has 21 heavy (non-hydrogen) atoms. The maximum atomic E-state index is 11.9. The average Bonchev–Trinajstić information content (AvgIpc) is 2.82. The molecule has 9 heteroatoms. The average molecular weight is 346 g/mol. The van der Waals surface area contributed by atoms with E-state index >= 15 is 0 Å². The zero-order valence-electron chi connectivity index (χ0n) is 10.6. The summed E-state index contributed by atoms with van der Waals surface area (Å²) in [5.74, 6) is -1.12. The molecular formula is C12H9Cl2N3O3S. The maximum absolute atomic E-state index is 11.9. The zero-order chi connectivity index (χ0) is 15.6. The molecule has 2 amide bonds. The van der Waals surface area contributed by atoms with Gasteiger partial charge in [-0.2, -0.15) is 0 Å². The van der Waals surface area contributed by atoms with E-state index in [-0.39, 0.29) is 20.9 Å². The Morgan fingerprint density at radius 3 is 2.67 bits per heavy atom. The van der Waals surface area contributed by atoms with Gasteiger partial charge < -0.3 is 10.4 Å². The Balaban J connectivity index is 2.16. The Morgan fingerprint density at radius 1 is 1.33 bits per heavy atom. The molecule has 0 aliphatic carbocycles. The first-order chi connectivity index (χ1) is 9.88. The van der Waals surface area contributed by atoms with Crippen molar-refractivity contribution in [3.05, 3.63) is 38.9 Å². The molecule has 0 fully saturated rings. The summed E-state index contributed by atoms with van der Waals surface area (Å²) in [6, 6.07) is 2.34. The van der Waals surface area contributed by atoms with Crippen LogP contribution in [0, 0.1) is 6.92 Å². The van der Waals surface area contributed by atoms with Crippen molar-refractivity contribution in [1.29, 1.82) is 0 Å². The third kappa shape index (κ3) is 3.63. The summed E-state index contributed by atoms with van der Waals surface area (Å²) >= 11 is 12.8. The van der Waals surface area contributed by atoms with Crippen molar-refractivity contribution >= 4 is 57.2 Å². The number of aromatic carboxylic acids is 1. The Morgan fingerprint density at radius 2 is 2.05 bits per heavy atom. The van der Waals surface area contributed by atoms with Crippen LogP contribution in [0.1, 0.15) is 15.9 Å². The SMILES string of the molecule is Cc1cc(Cl)nc(Cl)c1NC(=O)Nc1sccc1C(=O)O. The summed E-state index contributed by atoms with van der Waals surface area (Å²) in [7, 11) is 0. The van der Waals surface area contributed by atoms with Gasteiger partial charge >= 0.3 is 12.0 Å². The highest BCUT2D eigenvalue weighted by Gasteiger charge is 2.16. The summed E-state index contributed by atoms with van der Waals surface area (Å²) in [6.45, 7) is 1.71. The van der Waals surface area contributed by atoms with E-state index in [1.165, 1.54) is 6.07 Å². The number of carboxylic acids is 1. The Hall–Kier alpha value is -1.83. The smallest absolute Gasteiger partial charge is 0.338 e. The summed E-state index contributed by atoms with van der Waals surface area (Å²) < 4.78 is 0. The largest absolute Gasteiger partial charge is 0.478 e. The lowest BCUT2D eigenvalue weighted by Crippen LogP contribution is -2.21. The third-order valence-electron chi connectivity index (χ3n) is 2.50. The molecule has 0 saturated carbocycles. The highest BCUT2D eigenvalue weighted by Crippen LogP contribution is 2.27. The molecule has 2 rings (SSSR count). The minimum Gasteiger partial charge on any atom is -0.478 e. The van der Waals surface area contributed by atoms with E-state index in [9.17, 15) is 9.59 Å². The van der Waals surface area contributed by atoms with E-state index in [1.54, 1.807) is 18.4 Å². The number of aryl methyl sites for hydroxylation is 1. The fourth-order valence-corrected chi connectivity index (χ4v) is 2.92. The van der Waals surface area contributed by atoms with Gasteiger partial charge in [0.25, 0.3) is 0 Å². The van der Waals surface area contributed by atoms with Crippen LogP contribution in [0.25, 0.3) is 0 Å². The minimum atomic E-state index is -1.12. The van der Waals surface area contributed by atoms with Crippen molar-refractivity contribution in [2.75, 3.05) is 10.6 Å². The van der Waals surface area contributed by atoms with Gasteiger partial charge in [-0.25, -0.2) is 14.6 Å². The van der Waals surface area contributed by atoms with E-state index in [4.69, 9.17) is 28.3 Å². The molecule has 2 heterocycles. The van der Waals surface area contributed by atoms with Crippen LogP contribution in [-0.2, 0) is 0 Å². The van der Waals surface area contributed by atoms with Crippen molar-refractivity contribution < 1.29 is 14.7 Å². The van der Waals surface area contributed by atoms with Gasteiger partial charge in [0.15, 0.2) is 5.15 Å². The van der Waals surface area contributed by atoms with Gasteiger partial charge in [0.05, 0.1) is 11.3 Å². The lowest BCUT2D eigenvalue weighted by Gasteiger charge is -2.11. The first-order valence-corrected chi connectivity index (χ1v) is 7.23. The molecule has 0 radical (unpaired) electrons. The number of urea groups is 1. The van der Waals surface area contributed by atoms with E-state index < -0.39 is 12.0 Å². The summed E-state index contributed by atoms with van der Waals surface area (Å²) in [5.41, 5.74) is 0.971. The lowest BCUT2D eigenvalue weighted by molar-refractivity contribution is 0.0698. The van der Waals surface area contributed by atoms with E-state index in [0.29, 0.717) is 11.3 Å². The van der Waals surface area contributed by atoms with Gasteiger partial charge in [0.2, 0.25) is 0 Å². The van der Waals surface area contributed by atoms with Crippen molar-refractivity contribution in [2.24, 2.45) is 0 Å². The van der Waals surface area contributed by atoms with Gasteiger partial charge in [0, 0.05) is 0 Å². The number of halogens is 2. The second-order valence-corrected chi connectivity index (χ2v) is 5.64. The molecule has 0 atom stereocenters. The number of carbonyl (C=O) groups is 2. The van der Waals surface area contributed by atoms with Crippen LogP contribution in [0.4, 0.5) is 15.5 Å². The quantitative estimate of drug-likeness (QED) is 0.730. The standard InChI is InChI=1S/C12H9Cl2N3O3S/c1-5-4-7(13)15-9(14)8(5)16-12(20)17-10-6(11(18)19)2-3-21-10/h2-4H,1H3,(H,18,19)(H2,16,17,20). The Bertz CT molecular complexity index is 695. The third-order valence-corrected chi connectivity index (χ3v) is 3.80. The van der Waals surface area contributed by atoms with Crippen LogP contribution in [0.2, 0.25) is 10.3 Å². The summed E-state index contributed by atoms with van der Waals surface area (Å²) in [6.07, 6.45) is 0. The summed E-state index contributed by atoms with van der Waals surface area (Å²) in [4.78, 5) is 26.7. The van der Waals surface area contributed by atoms with Crippen LogP contribution in [0.15, 0.2) is 17.5 Å². The van der Waals surface area contributed by atoms with Crippen LogP contribution >= 0.6 is 34.5 Å². The number of pyridine rings is 1. The minimum absolute atomic E-state index is 0.0206. The molecule has 110 valence electrons. The van der Waals surface area contributed by atoms with Gasteiger partial charge in [0.1, 0.15) is 10.2 Å². The van der Waals surface area contributed by atoms with Crippen LogP contribution in [0.3, 0.4) is 0 Å². The molecule has 0 aromatic carbocycles. The van der Waals surface area contributed by atoms with E-state index in [2.05, 4.69) is 15.6 Å². The number of rotatable bonds is 3. The summed E-state index contributed by atoms with van der Waals surface area (Å²) in [5, 5.41) is 16.0. The van der Waals surface area contributed by atoms with Crippen LogP contribution < -0.4 is 10.6 Å². The number of amides is 2. The number of carbonyl (C=O) groups excluding carboxylic acids is 1. The molecule has 0 spiro atoms. The normalized spacial score (nSPS) is 10.2. The zero-order valence-corrected chi connectivity index (χ0v) is 12.9. The topological polar surface area (TPSA) is 91.3 Å². The molecule has 0 unspecified atom stereocenters. The number of aromatic nitrogens is 1. The van der Waals surface area contributed by atoms with E-state index in [0.717, 1.165) is 11.3 Å². The van der Waals surface area contributed by atoms with Gasteiger partial charge in [-0.05, 0) is 30.0 Å². The molecule has 0 saturated heterocycles. The van der Waals surface area contributed by atoms with E-state index in [1.807, 2.05) is 0 Å². The van der Waals surface area contributed by atoms with Gasteiger partial charge in [-0.3, -0.25) is 5.32 Å². The van der Waals surface area contributed by atoms with Crippen molar-refractivity contribution in [3.8, 4) is 0 Å². The predicted molar refractivity (Wildman–Crippen MR) is 82.9 cm³/mol. The molecular weight excluding hydrogens is 337 g/mol. The Labute approximate surface area is 133 Å². The first-order valence-electron chi connectivity index (χ1n) is 5.60. The number of hydrogen-bond donors (Lipinski definition) is 3. The molecule has 2 aromatic rings. The second kappa shape index (κ2) is 6.30.